The second-order valence-corrected chi connectivity index (χ2v) is 8.51. The van der Waals surface area contributed by atoms with Crippen molar-refractivity contribution in [2.75, 3.05) is 6.54 Å². The number of carbonyl (C=O) groups excluding carboxylic acids is 1. The van der Waals surface area contributed by atoms with Crippen LogP contribution in [0.5, 0.6) is 0 Å². The van der Waals surface area contributed by atoms with Gasteiger partial charge in [-0.2, -0.15) is 0 Å². The quantitative estimate of drug-likeness (QED) is 0.613. The monoisotopic (exact) mass is 419 g/mol. The SMILES string of the molecule is NCC1(c2cccc(Cl)c2)CCC(NC(=O)c2cncc(-c3ccccc3)c2)CC1. The second-order valence-electron chi connectivity index (χ2n) is 8.07. The van der Waals surface area contributed by atoms with Crippen LogP contribution in [-0.2, 0) is 5.41 Å². The summed E-state index contributed by atoms with van der Waals surface area (Å²) in [4.78, 5) is 17.1. The van der Waals surface area contributed by atoms with Gasteiger partial charge in [0, 0.05) is 41.0 Å². The van der Waals surface area contributed by atoms with E-state index in [9.17, 15) is 4.79 Å². The summed E-state index contributed by atoms with van der Waals surface area (Å²) in [6.07, 6.45) is 7.05. The minimum atomic E-state index is -0.0757. The highest BCUT2D eigenvalue weighted by Gasteiger charge is 2.36. The minimum absolute atomic E-state index is 0.0685. The van der Waals surface area contributed by atoms with Crippen LogP contribution in [0.2, 0.25) is 5.02 Å². The van der Waals surface area contributed by atoms with Gasteiger partial charge in [-0.15, -0.1) is 0 Å². The van der Waals surface area contributed by atoms with Crippen LogP contribution in [-0.4, -0.2) is 23.5 Å². The van der Waals surface area contributed by atoms with E-state index in [-0.39, 0.29) is 17.4 Å². The van der Waals surface area contributed by atoms with E-state index in [0.717, 1.165) is 41.8 Å². The van der Waals surface area contributed by atoms with Crippen LogP contribution in [0.15, 0.2) is 73.1 Å². The molecule has 0 spiro atoms. The third-order valence-electron chi connectivity index (χ3n) is 6.21. The van der Waals surface area contributed by atoms with Crippen molar-refractivity contribution in [2.45, 2.75) is 37.1 Å². The van der Waals surface area contributed by atoms with E-state index in [0.29, 0.717) is 12.1 Å². The van der Waals surface area contributed by atoms with Gasteiger partial charge >= 0.3 is 0 Å². The van der Waals surface area contributed by atoms with E-state index < -0.39 is 0 Å². The van der Waals surface area contributed by atoms with E-state index in [1.54, 1.807) is 12.4 Å². The predicted molar refractivity (Wildman–Crippen MR) is 122 cm³/mol. The molecule has 3 aromatic rings. The van der Waals surface area contributed by atoms with Crippen molar-refractivity contribution in [2.24, 2.45) is 5.73 Å². The van der Waals surface area contributed by atoms with Gasteiger partial charge in [0.2, 0.25) is 0 Å². The number of rotatable bonds is 5. The van der Waals surface area contributed by atoms with Crippen LogP contribution in [0.4, 0.5) is 0 Å². The summed E-state index contributed by atoms with van der Waals surface area (Å²) < 4.78 is 0. The highest BCUT2D eigenvalue weighted by Crippen LogP contribution is 2.39. The first-order chi connectivity index (χ1) is 14.6. The maximum Gasteiger partial charge on any atom is 0.253 e. The van der Waals surface area contributed by atoms with Crippen LogP contribution in [0.25, 0.3) is 11.1 Å². The molecule has 154 valence electrons. The second kappa shape index (κ2) is 8.99. The van der Waals surface area contributed by atoms with Gasteiger partial charge in [-0.25, -0.2) is 0 Å². The molecule has 30 heavy (non-hydrogen) atoms. The zero-order valence-electron chi connectivity index (χ0n) is 16.9. The first-order valence-corrected chi connectivity index (χ1v) is 10.7. The number of halogens is 1. The van der Waals surface area contributed by atoms with Crippen LogP contribution in [0.3, 0.4) is 0 Å². The molecule has 5 heteroatoms. The number of nitrogens with two attached hydrogens (primary N) is 1. The summed E-state index contributed by atoms with van der Waals surface area (Å²) in [6, 6.07) is 20.0. The fraction of sp³-hybridized carbons (Fsp3) is 0.280. The fourth-order valence-electron chi connectivity index (χ4n) is 4.37. The largest absolute Gasteiger partial charge is 0.349 e. The predicted octanol–water partition coefficient (Wildman–Crippen LogP) is 4.97. The molecule has 2 aromatic carbocycles. The summed E-state index contributed by atoms with van der Waals surface area (Å²) in [5.74, 6) is -0.0757. The molecule has 0 saturated heterocycles. The van der Waals surface area contributed by atoms with Crippen LogP contribution in [0.1, 0.15) is 41.6 Å². The molecular weight excluding hydrogens is 394 g/mol. The Labute approximate surface area is 182 Å². The third kappa shape index (κ3) is 4.40. The van der Waals surface area contributed by atoms with Crippen molar-refractivity contribution < 1.29 is 4.79 Å². The molecule has 1 aliphatic rings. The molecule has 1 saturated carbocycles. The number of benzene rings is 2. The molecule has 4 rings (SSSR count). The molecule has 1 aromatic heterocycles. The Morgan fingerprint density at radius 1 is 1.03 bits per heavy atom. The van der Waals surface area contributed by atoms with Crippen molar-refractivity contribution in [1.29, 1.82) is 0 Å². The van der Waals surface area contributed by atoms with E-state index in [4.69, 9.17) is 17.3 Å². The van der Waals surface area contributed by atoms with E-state index in [1.807, 2.05) is 54.6 Å². The lowest BCUT2D eigenvalue weighted by Crippen LogP contribution is -2.45. The minimum Gasteiger partial charge on any atom is -0.349 e. The number of amides is 1. The van der Waals surface area contributed by atoms with Crippen molar-refractivity contribution in [1.82, 2.24) is 10.3 Å². The number of nitrogens with one attached hydrogen (secondary N) is 1. The number of carbonyl (C=O) groups is 1. The van der Waals surface area contributed by atoms with Crippen LogP contribution < -0.4 is 11.1 Å². The number of hydrogen-bond donors (Lipinski definition) is 2. The van der Waals surface area contributed by atoms with Crippen molar-refractivity contribution >= 4 is 17.5 Å². The summed E-state index contributed by atoms with van der Waals surface area (Å²) in [6.45, 7) is 0.580. The van der Waals surface area contributed by atoms with E-state index in [2.05, 4.69) is 16.4 Å². The van der Waals surface area contributed by atoms with Crippen LogP contribution >= 0.6 is 11.6 Å². The Kier molecular flexibility index (Phi) is 6.16. The lowest BCUT2D eigenvalue weighted by atomic mass is 9.68. The average molecular weight is 420 g/mol. The van der Waals surface area contributed by atoms with Gasteiger partial charge < -0.3 is 11.1 Å². The van der Waals surface area contributed by atoms with Crippen LogP contribution in [0, 0.1) is 0 Å². The maximum absolute atomic E-state index is 12.8. The normalized spacial score (nSPS) is 21.2. The Bertz CT molecular complexity index is 1010. The lowest BCUT2D eigenvalue weighted by Gasteiger charge is -2.40. The van der Waals surface area contributed by atoms with Gasteiger partial charge in [0.05, 0.1) is 5.56 Å². The highest BCUT2D eigenvalue weighted by molar-refractivity contribution is 6.30. The Hall–Kier alpha value is -2.69. The van der Waals surface area contributed by atoms with E-state index in [1.165, 1.54) is 5.56 Å². The zero-order chi connectivity index (χ0) is 21.0. The molecule has 0 atom stereocenters. The zero-order valence-corrected chi connectivity index (χ0v) is 17.6. The van der Waals surface area contributed by atoms with Gasteiger partial charge in [-0.1, -0.05) is 54.1 Å². The average Bonchev–Trinajstić information content (AvgIpc) is 2.80. The summed E-state index contributed by atoms with van der Waals surface area (Å²) in [5, 5.41) is 3.93. The fourth-order valence-corrected chi connectivity index (χ4v) is 4.56. The molecule has 1 amide bonds. The Morgan fingerprint density at radius 3 is 2.50 bits per heavy atom. The molecule has 0 bridgehead atoms. The van der Waals surface area contributed by atoms with Crippen molar-refractivity contribution in [3.05, 3.63) is 89.2 Å². The number of aromatic nitrogens is 1. The molecule has 0 aliphatic heterocycles. The van der Waals surface area contributed by atoms with Crippen molar-refractivity contribution in [3.8, 4) is 11.1 Å². The molecule has 0 radical (unpaired) electrons. The molecule has 1 fully saturated rings. The lowest BCUT2D eigenvalue weighted by molar-refractivity contribution is 0.0917. The highest BCUT2D eigenvalue weighted by atomic mass is 35.5. The molecular formula is C25H26ClN3O. The van der Waals surface area contributed by atoms with Gasteiger partial charge in [-0.3, -0.25) is 9.78 Å². The topological polar surface area (TPSA) is 68.0 Å². The molecule has 3 N–H and O–H groups in total. The Morgan fingerprint density at radius 2 is 1.80 bits per heavy atom. The third-order valence-corrected chi connectivity index (χ3v) is 6.45. The van der Waals surface area contributed by atoms with Gasteiger partial charge in [0.25, 0.3) is 5.91 Å². The Balaban J connectivity index is 1.42. The molecule has 4 nitrogen and oxygen atoms in total. The summed E-state index contributed by atoms with van der Waals surface area (Å²) >= 11 is 6.20. The summed E-state index contributed by atoms with van der Waals surface area (Å²) in [5.41, 5.74) is 9.89. The van der Waals surface area contributed by atoms with Gasteiger partial charge in [-0.05, 0) is 55.0 Å². The molecule has 1 aliphatic carbocycles. The number of pyridine rings is 1. The maximum atomic E-state index is 12.8. The first-order valence-electron chi connectivity index (χ1n) is 10.4. The summed E-state index contributed by atoms with van der Waals surface area (Å²) in [7, 11) is 0. The molecule has 1 heterocycles. The standard InChI is InChI=1S/C25H26ClN3O/c26-22-8-4-7-21(14-22)25(17-27)11-9-23(10-12-25)29-24(30)20-13-19(15-28-16-20)18-5-2-1-3-6-18/h1-8,13-16,23H,9-12,17,27H2,(H,29,30). The number of nitrogens with zero attached hydrogens (tertiary/aromatic N) is 1. The first kappa shape index (κ1) is 20.6. The van der Waals surface area contributed by atoms with Crippen molar-refractivity contribution in [3.63, 3.8) is 0 Å². The molecule has 0 unspecified atom stereocenters. The smallest absolute Gasteiger partial charge is 0.253 e. The number of hydrogen-bond acceptors (Lipinski definition) is 3. The van der Waals surface area contributed by atoms with Gasteiger partial charge in [0.1, 0.15) is 0 Å². The van der Waals surface area contributed by atoms with E-state index >= 15 is 0 Å². The van der Waals surface area contributed by atoms with Gasteiger partial charge in [0.15, 0.2) is 0 Å².